The van der Waals surface area contributed by atoms with Crippen LogP contribution in [0.4, 0.5) is 0 Å². The van der Waals surface area contributed by atoms with Crippen molar-refractivity contribution in [2.24, 2.45) is 10.9 Å². The first-order valence-electron chi connectivity index (χ1n) is 8.21. The number of benzene rings is 1. The van der Waals surface area contributed by atoms with Crippen molar-refractivity contribution in [1.29, 1.82) is 0 Å². The molecule has 0 aliphatic heterocycles. The second-order valence-electron chi connectivity index (χ2n) is 6.98. The minimum Gasteiger partial charge on any atom is -0.488 e. The number of ether oxygens (including phenoxy) is 1. The van der Waals surface area contributed by atoms with Gasteiger partial charge in [0.05, 0.1) is 6.54 Å². The third kappa shape index (κ3) is 5.24. The standard InChI is InChI=1S/C18H29N3O/c1-6-19-17(21-15-11-13(15)2)20-12-14-9-7-8-10-16(14)22-18(3,4)5/h7-10,13,15H,6,11-12H2,1-5H3,(H2,19,20,21). The van der Waals surface area contributed by atoms with Crippen molar-refractivity contribution < 1.29 is 4.74 Å². The summed E-state index contributed by atoms with van der Waals surface area (Å²) >= 11 is 0. The van der Waals surface area contributed by atoms with E-state index in [1.54, 1.807) is 0 Å². The summed E-state index contributed by atoms with van der Waals surface area (Å²) in [6.45, 7) is 12.0. The van der Waals surface area contributed by atoms with Crippen LogP contribution >= 0.6 is 0 Å². The van der Waals surface area contributed by atoms with E-state index in [9.17, 15) is 0 Å². The largest absolute Gasteiger partial charge is 0.488 e. The van der Waals surface area contributed by atoms with Crippen LogP contribution in [0.25, 0.3) is 0 Å². The molecule has 1 aromatic rings. The maximum absolute atomic E-state index is 6.03. The van der Waals surface area contributed by atoms with Crippen molar-refractivity contribution in [2.75, 3.05) is 6.54 Å². The maximum atomic E-state index is 6.03. The summed E-state index contributed by atoms with van der Waals surface area (Å²) in [5.41, 5.74) is 0.907. The highest BCUT2D eigenvalue weighted by atomic mass is 16.5. The molecule has 0 radical (unpaired) electrons. The highest BCUT2D eigenvalue weighted by molar-refractivity contribution is 5.80. The van der Waals surface area contributed by atoms with Crippen molar-refractivity contribution in [1.82, 2.24) is 10.6 Å². The molecular weight excluding hydrogens is 274 g/mol. The maximum Gasteiger partial charge on any atom is 0.191 e. The van der Waals surface area contributed by atoms with Crippen molar-refractivity contribution in [3.8, 4) is 5.75 Å². The molecule has 1 aliphatic carbocycles. The Bertz CT molecular complexity index is 519. The fraction of sp³-hybridized carbons (Fsp3) is 0.611. The molecule has 0 spiro atoms. The number of hydrogen-bond donors (Lipinski definition) is 2. The number of guanidine groups is 1. The van der Waals surface area contributed by atoms with Gasteiger partial charge in [0.15, 0.2) is 5.96 Å². The third-order valence-corrected chi connectivity index (χ3v) is 3.57. The van der Waals surface area contributed by atoms with Crippen LogP contribution in [0, 0.1) is 5.92 Å². The Kier molecular flexibility index (Phi) is 5.33. The molecule has 1 saturated carbocycles. The summed E-state index contributed by atoms with van der Waals surface area (Å²) in [5, 5.41) is 6.79. The lowest BCUT2D eigenvalue weighted by Crippen LogP contribution is -2.39. The van der Waals surface area contributed by atoms with Crippen LogP contribution in [0.1, 0.15) is 46.6 Å². The lowest BCUT2D eigenvalue weighted by molar-refractivity contribution is 0.129. The third-order valence-electron chi connectivity index (χ3n) is 3.57. The molecule has 2 rings (SSSR count). The Hall–Kier alpha value is -1.71. The molecule has 1 aromatic carbocycles. The average Bonchev–Trinajstić information content (AvgIpc) is 3.11. The van der Waals surface area contributed by atoms with Gasteiger partial charge in [-0.25, -0.2) is 4.99 Å². The number of hydrogen-bond acceptors (Lipinski definition) is 2. The molecule has 2 atom stereocenters. The van der Waals surface area contributed by atoms with E-state index in [4.69, 9.17) is 9.73 Å². The smallest absolute Gasteiger partial charge is 0.191 e. The normalized spacial score (nSPS) is 21.4. The molecule has 0 amide bonds. The van der Waals surface area contributed by atoms with Gasteiger partial charge in [-0.1, -0.05) is 25.1 Å². The molecule has 22 heavy (non-hydrogen) atoms. The number of para-hydroxylation sites is 1. The summed E-state index contributed by atoms with van der Waals surface area (Å²) in [7, 11) is 0. The van der Waals surface area contributed by atoms with Gasteiger partial charge in [-0.2, -0.15) is 0 Å². The lowest BCUT2D eigenvalue weighted by Gasteiger charge is -2.23. The second-order valence-corrected chi connectivity index (χ2v) is 6.98. The fourth-order valence-corrected chi connectivity index (χ4v) is 2.25. The van der Waals surface area contributed by atoms with Gasteiger partial charge in [-0.3, -0.25) is 0 Å². The first-order valence-corrected chi connectivity index (χ1v) is 8.21. The molecule has 4 nitrogen and oxygen atoms in total. The molecule has 2 unspecified atom stereocenters. The van der Waals surface area contributed by atoms with Gasteiger partial charge in [0.2, 0.25) is 0 Å². The molecule has 0 saturated heterocycles. The van der Waals surface area contributed by atoms with Gasteiger partial charge in [0.25, 0.3) is 0 Å². The van der Waals surface area contributed by atoms with Gasteiger partial charge in [0, 0.05) is 18.2 Å². The Morgan fingerprint density at radius 1 is 1.32 bits per heavy atom. The van der Waals surface area contributed by atoms with Gasteiger partial charge in [-0.15, -0.1) is 0 Å². The van der Waals surface area contributed by atoms with Gasteiger partial charge >= 0.3 is 0 Å². The molecular formula is C18H29N3O. The zero-order valence-corrected chi connectivity index (χ0v) is 14.4. The van der Waals surface area contributed by atoms with Crippen LogP contribution in [-0.4, -0.2) is 24.1 Å². The molecule has 0 aromatic heterocycles. The molecule has 0 heterocycles. The monoisotopic (exact) mass is 303 g/mol. The van der Waals surface area contributed by atoms with Gasteiger partial charge in [-0.05, 0) is 46.1 Å². The average molecular weight is 303 g/mol. The lowest BCUT2D eigenvalue weighted by atomic mass is 10.1. The summed E-state index contributed by atoms with van der Waals surface area (Å²) < 4.78 is 6.03. The highest BCUT2D eigenvalue weighted by Crippen LogP contribution is 2.29. The van der Waals surface area contributed by atoms with Crippen LogP contribution < -0.4 is 15.4 Å². The topological polar surface area (TPSA) is 45.7 Å². The van der Waals surface area contributed by atoms with Crippen molar-refractivity contribution in [2.45, 2.75) is 59.2 Å². The quantitative estimate of drug-likeness (QED) is 0.648. The molecule has 4 heteroatoms. The summed E-state index contributed by atoms with van der Waals surface area (Å²) in [6.07, 6.45) is 1.23. The van der Waals surface area contributed by atoms with E-state index < -0.39 is 0 Å². The van der Waals surface area contributed by atoms with Crippen LogP contribution in [0.15, 0.2) is 29.3 Å². The van der Waals surface area contributed by atoms with Crippen molar-refractivity contribution >= 4 is 5.96 Å². The van der Waals surface area contributed by atoms with E-state index >= 15 is 0 Å². The van der Waals surface area contributed by atoms with E-state index in [1.165, 1.54) is 6.42 Å². The van der Waals surface area contributed by atoms with Crippen LogP contribution in [-0.2, 0) is 6.54 Å². The van der Waals surface area contributed by atoms with Crippen LogP contribution in [0.2, 0.25) is 0 Å². The Morgan fingerprint density at radius 2 is 2.00 bits per heavy atom. The van der Waals surface area contributed by atoms with E-state index in [0.29, 0.717) is 12.6 Å². The summed E-state index contributed by atoms with van der Waals surface area (Å²) in [6, 6.07) is 8.69. The van der Waals surface area contributed by atoms with Gasteiger partial charge < -0.3 is 15.4 Å². The number of nitrogens with one attached hydrogen (secondary N) is 2. The fourth-order valence-electron chi connectivity index (χ4n) is 2.25. The zero-order chi connectivity index (χ0) is 16.2. The Balaban J connectivity index is 2.05. The number of nitrogens with zero attached hydrogens (tertiary/aromatic N) is 1. The second kappa shape index (κ2) is 7.03. The number of aliphatic imine (C=N–C) groups is 1. The van der Waals surface area contributed by atoms with Crippen LogP contribution in [0.5, 0.6) is 5.75 Å². The SMILES string of the molecule is CCNC(=NCc1ccccc1OC(C)(C)C)NC1CC1C. The zero-order valence-electron chi connectivity index (χ0n) is 14.4. The summed E-state index contributed by atoms with van der Waals surface area (Å²) in [5.74, 6) is 2.55. The van der Waals surface area contributed by atoms with E-state index in [2.05, 4.69) is 51.3 Å². The predicted octanol–water partition coefficient (Wildman–Crippen LogP) is 3.33. The van der Waals surface area contributed by atoms with E-state index in [0.717, 1.165) is 29.7 Å². The van der Waals surface area contributed by atoms with E-state index in [-0.39, 0.29) is 5.60 Å². The molecule has 1 fully saturated rings. The minimum absolute atomic E-state index is 0.202. The van der Waals surface area contributed by atoms with Crippen molar-refractivity contribution in [3.63, 3.8) is 0 Å². The van der Waals surface area contributed by atoms with Gasteiger partial charge in [0.1, 0.15) is 11.4 Å². The first-order chi connectivity index (χ1) is 10.4. The molecule has 2 N–H and O–H groups in total. The van der Waals surface area contributed by atoms with Crippen LogP contribution in [0.3, 0.4) is 0 Å². The highest BCUT2D eigenvalue weighted by Gasteiger charge is 2.33. The van der Waals surface area contributed by atoms with E-state index in [1.807, 2.05) is 18.2 Å². The minimum atomic E-state index is -0.202. The summed E-state index contributed by atoms with van der Waals surface area (Å²) in [4.78, 5) is 4.70. The first kappa shape index (κ1) is 16.7. The molecule has 0 bridgehead atoms. The molecule has 1 aliphatic rings. The van der Waals surface area contributed by atoms with Crippen molar-refractivity contribution in [3.05, 3.63) is 29.8 Å². The Morgan fingerprint density at radius 3 is 2.59 bits per heavy atom. The number of rotatable bonds is 5. The Labute approximate surface area is 134 Å². The predicted molar refractivity (Wildman–Crippen MR) is 92.3 cm³/mol. The molecule has 122 valence electrons.